The minimum absolute atomic E-state index is 0.0827. The highest BCUT2D eigenvalue weighted by molar-refractivity contribution is 7.89. The fourth-order valence-electron chi connectivity index (χ4n) is 4.57. The Kier molecular flexibility index (Phi) is 5.41. The maximum atomic E-state index is 13.1. The molecule has 0 bridgehead atoms. The molecule has 2 aromatic rings. The number of piperidine rings is 2. The fraction of sp³-hybridized carbons (Fsp3) is 0.632. The van der Waals surface area contributed by atoms with Gasteiger partial charge in [0.25, 0.3) is 0 Å². The molecule has 1 amide bonds. The molecule has 0 radical (unpaired) electrons. The van der Waals surface area contributed by atoms with E-state index in [9.17, 15) is 13.2 Å². The van der Waals surface area contributed by atoms with Gasteiger partial charge in [0.2, 0.25) is 15.9 Å². The molecule has 2 aliphatic heterocycles. The number of rotatable bonds is 3. The van der Waals surface area contributed by atoms with Gasteiger partial charge in [-0.2, -0.15) is 13.1 Å². The molecule has 0 N–H and O–H groups in total. The van der Waals surface area contributed by atoms with Gasteiger partial charge in [0.15, 0.2) is 0 Å². The first-order valence-corrected chi connectivity index (χ1v) is 12.0. The second-order valence-electron chi connectivity index (χ2n) is 8.26. The van der Waals surface area contributed by atoms with E-state index in [1.807, 2.05) is 4.90 Å². The summed E-state index contributed by atoms with van der Waals surface area (Å²) < 4.78 is 36.1. The highest BCUT2D eigenvalue weighted by atomic mass is 32.2. The van der Waals surface area contributed by atoms with Crippen molar-refractivity contribution >= 4 is 38.7 Å². The monoisotopic (exact) mass is 422 g/mol. The Balaban J connectivity index is 1.45. The van der Waals surface area contributed by atoms with Crippen molar-refractivity contribution in [3.05, 3.63) is 18.2 Å². The van der Waals surface area contributed by atoms with Crippen LogP contribution in [-0.4, -0.2) is 58.5 Å². The van der Waals surface area contributed by atoms with Gasteiger partial charge >= 0.3 is 0 Å². The highest BCUT2D eigenvalue weighted by Crippen LogP contribution is 2.30. The maximum absolute atomic E-state index is 13.1. The number of amides is 1. The average Bonchev–Trinajstić information content (AvgIpc) is 3.15. The second kappa shape index (κ2) is 7.68. The number of aromatic nitrogens is 2. The Morgan fingerprint density at radius 3 is 2.46 bits per heavy atom. The van der Waals surface area contributed by atoms with Crippen molar-refractivity contribution in [2.45, 2.75) is 38.0 Å². The van der Waals surface area contributed by atoms with Gasteiger partial charge in [-0.3, -0.25) is 4.79 Å². The molecule has 2 fully saturated rings. The molecule has 0 saturated carbocycles. The lowest BCUT2D eigenvalue weighted by atomic mass is 9.89. The lowest BCUT2D eigenvalue weighted by molar-refractivity contribution is -0.139. The van der Waals surface area contributed by atoms with Gasteiger partial charge in [0.1, 0.15) is 15.9 Å². The summed E-state index contributed by atoms with van der Waals surface area (Å²) in [6, 6.07) is 5.06. The van der Waals surface area contributed by atoms with Crippen molar-refractivity contribution < 1.29 is 13.2 Å². The van der Waals surface area contributed by atoms with E-state index in [0.717, 1.165) is 31.2 Å². The molecule has 2 saturated heterocycles. The van der Waals surface area contributed by atoms with Crippen LogP contribution in [0.4, 0.5) is 0 Å². The number of fused-ring (bicyclic) bond motifs is 1. The molecule has 28 heavy (non-hydrogen) atoms. The molecular weight excluding hydrogens is 396 g/mol. The van der Waals surface area contributed by atoms with E-state index in [1.54, 1.807) is 18.2 Å². The number of likely N-dealkylation sites (tertiary alicyclic amines) is 1. The van der Waals surface area contributed by atoms with E-state index in [-0.39, 0.29) is 16.7 Å². The Hall–Kier alpha value is -1.58. The van der Waals surface area contributed by atoms with Crippen LogP contribution in [0, 0.1) is 17.8 Å². The van der Waals surface area contributed by atoms with Gasteiger partial charge in [-0.05, 0) is 43.2 Å². The molecule has 0 aliphatic carbocycles. The number of nitrogens with zero attached hydrogens (tertiary/aromatic N) is 4. The molecule has 7 nitrogen and oxygen atoms in total. The van der Waals surface area contributed by atoms with Crippen LogP contribution >= 0.6 is 11.7 Å². The third kappa shape index (κ3) is 3.67. The maximum Gasteiger partial charge on any atom is 0.245 e. The number of hydrogen-bond donors (Lipinski definition) is 0. The summed E-state index contributed by atoms with van der Waals surface area (Å²) in [6.45, 7) is 6.76. The minimum atomic E-state index is -3.64. The first kappa shape index (κ1) is 19.7. The first-order valence-electron chi connectivity index (χ1n) is 9.86. The SMILES string of the molecule is C[C@@H]1C[C@H](C)CN(C(=O)C2CCN(S(=O)(=O)c3cccc4nsnc34)CC2)C1. The molecule has 3 heterocycles. The Bertz CT molecular complexity index is 956. The largest absolute Gasteiger partial charge is 0.342 e. The number of carbonyl (C=O) groups excluding carboxylic acids is 1. The van der Waals surface area contributed by atoms with Crippen LogP contribution in [0.25, 0.3) is 11.0 Å². The lowest BCUT2D eigenvalue weighted by Gasteiger charge is -2.39. The Morgan fingerprint density at radius 1 is 1.11 bits per heavy atom. The van der Waals surface area contributed by atoms with Crippen LogP contribution < -0.4 is 0 Å². The van der Waals surface area contributed by atoms with E-state index in [4.69, 9.17) is 0 Å². The summed E-state index contributed by atoms with van der Waals surface area (Å²) in [4.78, 5) is 15.2. The summed E-state index contributed by atoms with van der Waals surface area (Å²) in [7, 11) is -3.64. The molecule has 4 rings (SSSR count). The van der Waals surface area contributed by atoms with E-state index in [2.05, 4.69) is 22.6 Å². The van der Waals surface area contributed by atoms with E-state index in [0.29, 0.717) is 48.8 Å². The zero-order valence-electron chi connectivity index (χ0n) is 16.2. The van der Waals surface area contributed by atoms with Crippen molar-refractivity contribution in [2.75, 3.05) is 26.2 Å². The van der Waals surface area contributed by atoms with Crippen molar-refractivity contribution in [1.29, 1.82) is 0 Å². The van der Waals surface area contributed by atoms with Crippen LogP contribution in [-0.2, 0) is 14.8 Å². The van der Waals surface area contributed by atoms with Gasteiger partial charge in [-0.25, -0.2) is 8.42 Å². The van der Waals surface area contributed by atoms with Gasteiger partial charge < -0.3 is 4.90 Å². The van der Waals surface area contributed by atoms with Gasteiger partial charge in [-0.15, -0.1) is 0 Å². The Morgan fingerprint density at radius 2 is 1.79 bits per heavy atom. The normalized spacial score (nSPS) is 25.3. The molecule has 1 aromatic heterocycles. The van der Waals surface area contributed by atoms with Crippen LogP contribution in [0.2, 0.25) is 0 Å². The molecule has 0 spiro atoms. The predicted octanol–water partition coefficient (Wildman–Crippen LogP) is 2.60. The van der Waals surface area contributed by atoms with Crippen molar-refractivity contribution in [1.82, 2.24) is 18.0 Å². The van der Waals surface area contributed by atoms with Gasteiger partial charge in [0, 0.05) is 32.1 Å². The van der Waals surface area contributed by atoms with Crippen LogP contribution in [0.15, 0.2) is 23.1 Å². The number of sulfonamides is 1. The Labute approximate surface area is 170 Å². The van der Waals surface area contributed by atoms with E-state index >= 15 is 0 Å². The third-order valence-corrected chi connectivity index (χ3v) is 8.32. The van der Waals surface area contributed by atoms with Gasteiger partial charge in [0.05, 0.1) is 11.7 Å². The zero-order valence-corrected chi connectivity index (χ0v) is 17.9. The zero-order chi connectivity index (χ0) is 19.9. The van der Waals surface area contributed by atoms with Crippen LogP contribution in [0.5, 0.6) is 0 Å². The summed E-state index contributed by atoms with van der Waals surface area (Å²) in [5, 5.41) is 0. The van der Waals surface area contributed by atoms with E-state index in [1.165, 1.54) is 4.31 Å². The third-order valence-electron chi connectivity index (χ3n) is 5.85. The summed E-state index contributed by atoms with van der Waals surface area (Å²) in [5.41, 5.74) is 1.03. The molecule has 2 aliphatic rings. The highest BCUT2D eigenvalue weighted by Gasteiger charge is 2.36. The standard InChI is InChI=1S/C19H26N4O3S2/c1-13-10-14(2)12-22(11-13)19(24)15-6-8-23(9-7-15)28(25,26)17-5-3-4-16-18(17)21-27-20-16/h3-5,13-15H,6-12H2,1-2H3/t13-,14+. The summed E-state index contributed by atoms with van der Waals surface area (Å²) >= 11 is 1.02. The van der Waals surface area contributed by atoms with Gasteiger partial charge in [-0.1, -0.05) is 19.9 Å². The van der Waals surface area contributed by atoms with Crippen molar-refractivity contribution in [2.24, 2.45) is 17.8 Å². The van der Waals surface area contributed by atoms with Crippen LogP contribution in [0.1, 0.15) is 33.1 Å². The van der Waals surface area contributed by atoms with Crippen molar-refractivity contribution in [3.8, 4) is 0 Å². The summed E-state index contributed by atoms with van der Waals surface area (Å²) in [5.74, 6) is 1.17. The minimum Gasteiger partial charge on any atom is -0.342 e. The second-order valence-corrected chi connectivity index (χ2v) is 10.7. The molecule has 152 valence electrons. The quantitative estimate of drug-likeness (QED) is 0.759. The first-order chi connectivity index (χ1) is 13.4. The van der Waals surface area contributed by atoms with Crippen LogP contribution in [0.3, 0.4) is 0 Å². The number of carbonyl (C=O) groups is 1. The van der Waals surface area contributed by atoms with E-state index < -0.39 is 10.0 Å². The fourth-order valence-corrected chi connectivity index (χ4v) is 6.80. The molecule has 0 unspecified atom stereocenters. The van der Waals surface area contributed by atoms with Crippen molar-refractivity contribution in [3.63, 3.8) is 0 Å². The average molecular weight is 423 g/mol. The lowest BCUT2D eigenvalue weighted by Crippen LogP contribution is -2.48. The number of hydrogen-bond acceptors (Lipinski definition) is 6. The smallest absolute Gasteiger partial charge is 0.245 e. The molecule has 9 heteroatoms. The predicted molar refractivity (Wildman–Crippen MR) is 108 cm³/mol. The molecule has 1 aromatic carbocycles. The molecule has 2 atom stereocenters. The summed E-state index contributed by atoms with van der Waals surface area (Å²) in [6.07, 6.45) is 2.31. The number of benzene rings is 1. The topological polar surface area (TPSA) is 83.5 Å². The molecular formula is C19H26N4O3S2.